The normalized spacial score (nSPS) is 6.17. The van der Waals surface area contributed by atoms with Crippen molar-refractivity contribution in [3.63, 3.8) is 0 Å². The Kier molecular flexibility index (Phi) is 14.5. The Morgan fingerprint density at radius 2 is 2.17 bits per heavy atom. The Labute approximate surface area is 53.6 Å². The third-order valence-corrected chi connectivity index (χ3v) is 0.407. The molecule has 0 amide bonds. The van der Waals surface area contributed by atoms with E-state index >= 15 is 0 Å². The van der Waals surface area contributed by atoms with E-state index in [4.69, 9.17) is 0 Å². The van der Waals surface area contributed by atoms with Crippen LogP contribution in [-0.4, -0.2) is 6.29 Å². The molecule has 0 saturated heterocycles. The molecule has 0 bridgehead atoms. The Morgan fingerprint density at radius 1 is 1.67 bits per heavy atom. The summed E-state index contributed by atoms with van der Waals surface area (Å²) in [6.45, 7) is 1.98. The van der Waals surface area contributed by atoms with Crippen molar-refractivity contribution in [2.75, 3.05) is 0 Å². The molecular weight excluding hydrogens is 245 g/mol. The van der Waals surface area contributed by atoms with Gasteiger partial charge >= 0.3 is 0 Å². The maximum atomic E-state index is 9.40. The van der Waals surface area contributed by atoms with Crippen LogP contribution in [0.15, 0.2) is 0 Å². The second kappa shape index (κ2) is 9.05. The summed E-state index contributed by atoms with van der Waals surface area (Å²) < 4.78 is 0. The number of carbonyl (C=O) groups excluding carboxylic acids is 1. The molecule has 0 aromatic heterocycles. The van der Waals surface area contributed by atoms with Gasteiger partial charge in [0.05, 0.1) is 0 Å². The van der Waals surface area contributed by atoms with Crippen molar-refractivity contribution in [1.82, 2.24) is 0 Å². The summed E-state index contributed by atoms with van der Waals surface area (Å²) in [4.78, 5) is 9.40. The molecular formula is C4H8OTa. The first kappa shape index (κ1) is 9.65. The summed E-state index contributed by atoms with van der Waals surface area (Å²) >= 11 is 0. The van der Waals surface area contributed by atoms with Gasteiger partial charge in [-0.2, -0.15) is 0 Å². The van der Waals surface area contributed by atoms with E-state index in [1.54, 1.807) is 0 Å². The van der Waals surface area contributed by atoms with Gasteiger partial charge in [-0.25, -0.2) is 0 Å². The summed E-state index contributed by atoms with van der Waals surface area (Å²) in [5.74, 6) is 0. The Bertz CT molecular complexity index is 28.7. The van der Waals surface area contributed by atoms with E-state index in [0.29, 0.717) is 6.42 Å². The fraction of sp³-hybridized carbons (Fsp3) is 0.750. The summed E-state index contributed by atoms with van der Waals surface area (Å²) in [7, 11) is 0. The number of rotatable bonds is 2. The van der Waals surface area contributed by atoms with Gasteiger partial charge in [0, 0.05) is 28.8 Å². The molecule has 0 unspecified atom stereocenters. The Hall–Kier alpha value is 0.410. The molecule has 6 heavy (non-hydrogen) atoms. The van der Waals surface area contributed by atoms with Crippen molar-refractivity contribution in [3.8, 4) is 0 Å². The molecule has 1 nitrogen and oxygen atoms in total. The third-order valence-electron chi connectivity index (χ3n) is 0.407. The van der Waals surface area contributed by atoms with Gasteiger partial charge in [0.15, 0.2) is 0 Å². The van der Waals surface area contributed by atoms with Crippen LogP contribution in [0.3, 0.4) is 0 Å². The monoisotopic (exact) mass is 253 g/mol. The quantitative estimate of drug-likeness (QED) is 0.670. The average Bonchev–Trinajstić information content (AvgIpc) is 1.41. The van der Waals surface area contributed by atoms with E-state index < -0.39 is 0 Å². The predicted molar refractivity (Wildman–Crippen MR) is 21.0 cm³/mol. The zero-order valence-electron chi connectivity index (χ0n) is 3.85. The van der Waals surface area contributed by atoms with Gasteiger partial charge < -0.3 is 4.79 Å². The molecule has 0 aromatic carbocycles. The van der Waals surface area contributed by atoms with E-state index in [1.165, 1.54) is 0 Å². The molecule has 0 aliphatic rings. The van der Waals surface area contributed by atoms with Crippen molar-refractivity contribution >= 4 is 6.29 Å². The molecule has 0 heterocycles. The van der Waals surface area contributed by atoms with E-state index in [0.717, 1.165) is 12.7 Å². The first-order valence-corrected chi connectivity index (χ1v) is 1.85. The Balaban J connectivity index is 0. The molecule has 0 fully saturated rings. The third kappa shape index (κ3) is 8.83. The molecule has 0 N–H and O–H groups in total. The topological polar surface area (TPSA) is 17.1 Å². The summed E-state index contributed by atoms with van der Waals surface area (Å²) in [6.07, 6.45) is 2.61. The molecule has 0 rings (SSSR count). The molecule has 1 radical (unpaired) electrons. The van der Waals surface area contributed by atoms with Crippen molar-refractivity contribution in [2.45, 2.75) is 19.8 Å². The molecule has 0 aromatic rings. The minimum atomic E-state index is 0. The van der Waals surface area contributed by atoms with Crippen LogP contribution in [0.5, 0.6) is 0 Å². The zero-order chi connectivity index (χ0) is 4.12. The second-order valence-electron chi connectivity index (χ2n) is 0.955. The van der Waals surface area contributed by atoms with Crippen molar-refractivity contribution in [3.05, 3.63) is 0 Å². The van der Waals surface area contributed by atoms with Gasteiger partial charge in [-0.15, -0.1) is 0 Å². The number of hydrogen-bond donors (Lipinski definition) is 0. The minimum absolute atomic E-state index is 0. The van der Waals surface area contributed by atoms with E-state index in [-0.39, 0.29) is 22.4 Å². The minimum Gasteiger partial charge on any atom is -0.303 e. The predicted octanol–water partition coefficient (Wildman–Crippen LogP) is 0.983. The van der Waals surface area contributed by atoms with Gasteiger partial charge in [-0.3, -0.25) is 0 Å². The standard InChI is InChI=1S/C4H8O.Ta/c1-2-3-4-5;/h4H,2-3H2,1H3;. The van der Waals surface area contributed by atoms with Gasteiger partial charge in [-0.05, 0) is 6.42 Å². The molecule has 0 aliphatic carbocycles. The molecule has 0 aliphatic heterocycles. The first-order valence-electron chi connectivity index (χ1n) is 1.85. The summed E-state index contributed by atoms with van der Waals surface area (Å²) in [5, 5.41) is 0. The maximum absolute atomic E-state index is 9.40. The fourth-order valence-corrected chi connectivity index (χ4v) is 0.118. The first-order chi connectivity index (χ1) is 2.41. The fourth-order valence-electron chi connectivity index (χ4n) is 0.118. The number of aldehydes is 1. The second-order valence-corrected chi connectivity index (χ2v) is 0.955. The maximum Gasteiger partial charge on any atom is 0.119 e. The van der Waals surface area contributed by atoms with Crippen molar-refractivity contribution in [2.24, 2.45) is 0 Å². The van der Waals surface area contributed by atoms with Crippen LogP contribution in [0.4, 0.5) is 0 Å². The summed E-state index contributed by atoms with van der Waals surface area (Å²) in [6, 6.07) is 0. The van der Waals surface area contributed by atoms with E-state index in [2.05, 4.69) is 0 Å². The van der Waals surface area contributed by atoms with E-state index in [1.807, 2.05) is 6.92 Å². The van der Waals surface area contributed by atoms with Crippen LogP contribution < -0.4 is 0 Å². The van der Waals surface area contributed by atoms with Crippen LogP contribution in [-0.2, 0) is 27.2 Å². The summed E-state index contributed by atoms with van der Waals surface area (Å²) in [5.41, 5.74) is 0. The van der Waals surface area contributed by atoms with Gasteiger partial charge in [-0.1, -0.05) is 6.92 Å². The molecule has 35 valence electrons. The van der Waals surface area contributed by atoms with Gasteiger partial charge in [0.25, 0.3) is 0 Å². The van der Waals surface area contributed by atoms with E-state index in [9.17, 15) is 4.79 Å². The smallest absolute Gasteiger partial charge is 0.119 e. The van der Waals surface area contributed by atoms with Crippen LogP contribution in [0.2, 0.25) is 0 Å². The number of carbonyl (C=O) groups is 1. The molecule has 2 heteroatoms. The van der Waals surface area contributed by atoms with Crippen LogP contribution in [0.25, 0.3) is 0 Å². The largest absolute Gasteiger partial charge is 0.303 e. The molecule has 0 atom stereocenters. The molecule has 0 saturated carbocycles. The van der Waals surface area contributed by atoms with Crippen molar-refractivity contribution < 1.29 is 27.2 Å². The van der Waals surface area contributed by atoms with Crippen molar-refractivity contribution in [1.29, 1.82) is 0 Å². The number of hydrogen-bond acceptors (Lipinski definition) is 1. The zero-order valence-corrected chi connectivity index (χ0v) is 7.06. The Morgan fingerprint density at radius 3 is 2.17 bits per heavy atom. The van der Waals surface area contributed by atoms with Crippen LogP contribution in [0, 0.1) is 0 Å². The average molecular weight is 253 g/mol. The van der Waals surface area contributed by atoms with Gasteiger partial charge in [0.2, 0.25) is 0 Å². The van der Waals surface area contributed by atoms with Crippen LogP contribution >= 0.6 is 0 Å². The molecule has 0 spiro atoms. The SMILES string of the molecule is CCCC=O.[Ta]. The van der Waals surface area contributed by atoms with Gasteiger partial charge in [0.1, 0.15) is 6.29 Å². The number of unbranched alkanes of at least 4 members (excludes halogenated alkanes) is 1. The van der Waals surface area contributed by atoms with Crippen LogP contribution in [0.1, 0.15) is 19.8 Å².